The summed E-state index contributed by atoms with van der Waals surface area (Å²) in [5.41, 5.74) is 3.50. The van der Waals surface area contributed by atoms with E-state index in [1.807, 2.05) is 30.3 Å². The Morgan fingerprint density at radius 2 is 1.56 bits per heavy atom. The number of amides is 1. The first-order valence-electron chi connectivity index (χ1n) is 10.5. The van der Waals surface area contributed by atoms with Crippen molar-refractivity contribution in [2.24, 2.45) is 5.10 Å². The largest absolute Gasteiger partial charge is 0.293 e. The molecule has 0 bridgehead atoms. The Balaban J connectivity index is 1.82. The summed E-state index contributed by atoms with van der Waals surface area (Å²) in [5.74, 6) is -0.725. The highest BCUT2D eigenvalue weighted by Crippen LogP contribution is 2.31. The molecule has 34 heavy (non-hydrogen) atoms. The second-order valence-corrected chi connectivity index (χ2v) is 9.30. The van der Waals surface area contributed by atoms with E-state index in [0.717, 1.165) is 16.3 Å². The molecule has 1 amide bonds. The van der Waals surface area contributed by atoms with Crippen molar-refractivity contribution in [3.05, 3.63) is 101 Å². The van der Waals surface area contributed by atoms with Crippen LogP contribution in [0.3, 0.4) is 0 Å². The average Bonchev–Trinajstić information content (AvgIpc) is 2.85. The van der Waals surface area contributed by atoms with Crippen molar-refractivity contribution in [1.82, 2.24) is 5.43 Å². The number of rotatable bonds is 10. The minimum atomic E-state index is -4.27. The van der Waals surface area contributed by atoms with Crippen LogP contribution in [0.2, 0.25) is 0 Å². The normalized spacial score (nSPS) is 11.6. The number of hydrogen-bond donors (Lipinski definition) is 1. The van der Waals surface area contributed by atoms with E-state index in [-0.39, 0.29) is 10.6 Å². The molecule has 3 aromatic rings. The van der Waals surface area contributed by atoms with Gasteiger partial charge in [-0.2, -0.15) is 5.10 Å². The SMILES string of the molecule is C/C(CCc1ccccc1)=N/NC(=O)CN(c1ccccc1[N+](=O)[O-])S(=O)(=O)c1ccccc1. The zero-order valence-corrected chi connectivity index (χ0v) is 19.3. The van der Waals surface area contributed by atoms with Crippen LogP contribution in [0.25, 0.3) is 0 Å². The molecule has 0 unspecified atom stereocenters. The van der Waals surface area contributed by atoms with E-state index in [4.69, 9.17) is 0 Å². The van der Waals surface area contributed by atoms with Crippen LogP contribution in [-0.2, 0) is 21.2 Å². The second-order valence-electron chi connectivity index (χ2n) is 7.44. The molecule has 0 fully saturated rings. The summed E-state index contributed by atoms with van der Waals surface area (Å²) in [6, 6.07) is 22.6. The lowest BCUT2D eigenvalue weighted by atomic mass is 10.1. The summed E-state index contributed by atoms with van der Waals surface area (Å²) in [7, 11) is -4.27. The lowest BCUT2D eigenvalue weighted by Gasteiger charge is -2.23. The van der Waals surface area contributed by atoms with Crippen LogP contribution < -0.4 is 9.73 Å². The van der Waals surface area contributed by atoms with Gasteiger partial charge in [-0.05, 0) is 43.5 Å². The number of hydrazone groups is 1. The minimum Gasteiger partial charge on any atom is -0.271 e. The third kappa shape index (κ3) is 6.26. The standard InChI is InChI=1S/C24H24N4O5S/c1-19(16-17-20-10-4-2-5-11-20)25-26-24(29)18-27(22-14-8-9-15-23(22)28(30)31)34(32,33)21-12-6-3-7-13-21/h2-15H,16-18H2,1H3,(H,26,29)/b25-19-. The molecule has 3 aromatic carbocycles. The molecular formula is C24H24N4O5S. The van der Waals surface area contributed by atoms with Crippen molar-refractivity contribution in [2.75, 3.05) is 10.8 Å². The number of nitrogens with one attached hydrogen (secondary N) is 1. The van der Waals surface area contributed by atoms with Gasteiger partial charge in [0, 0.05) is 11.8 Å². The van der Waals surface area contributed by atoms with Gasteiger partial charge in [-0.3, -0.25) is 14.9 Å². The van der Waals surface area contributed by atoms with Crippen molar-refractivity contribution >= 4 is 33.0 Å². The highest BCUT2D eigenvalue weighted by atomic mass is 32.2. The van der Waals surface area contributed by atoms with Crippen LogP contribution in [0.1, 0.15) is 18.9 Å². The third-order valence-electron chi connectivity index (χ3n) is 4.96. The van der Waals surface area contributed by atoms with E-state index in [9.17, 15) is 23.3 Å². The van der Waals surface area contributed by atoms with E-state index in [1.54, 1.807) is 13.0 Å². The molecule has 3 rings (SSSR count). The van der Waals surface area contributed by atoms with Gasteiger partial charge in [0.05, 0.1) is 9.82 Å². The molecule has 0 aliphatic carbocycles. The summed E-state index contributed by atoms with van der Waals surface area (Å²) in [6.45, 7) is 1.07. The topological polar surface area (TPSA) is 122 Å². The fraction of sp³-hybridized carbons (Fsp3) is 0.167. The maximum Gasteiger partial charge on any atom is 0.293 e. The molecule has 0 saturated carbocycles. The van der Waals surface area contributed by atoms with E-state index in [2.05, 4.69) is 10.5 Å². The summed E-state index contributed by atoms with van der Waals surface area (Å²) >= 11 is 0. The summed E-state index contributed by atoms with van der Waals surface area (Å²) in [6.07, 6.45) is 1.33. The summed E-state index contributed by atoms with van der Waals surface area (Å²) < 4.78 is 27.4. The Labute approximate surface area is 197 Å². The first-order chi connectivity index (χ1) is 16.3. The highest BCUT2D eigenvalue weighted by molar-refractivity contribution is 7.92. The average molecular weight is 481 g/mol. The van der Waals surface area contributed by atoms with Gasteiger partial charge in [0.1, 0.15) is 12.2 Å². The summed E-state index contributed by atoms with van der Waals surface area (Å²) in [5, 5.41) is 15.6. The van der Waals surface area contributed by atoms with Gasteiger partial charge in [0.15, 0.2) is 0 Å². The number of nitro groups is 1. The Morgan fingerprint density at radius 3 is 2.21 bits per heavy atom. The molecule has 0 saturated heterocycles. The van der Waals surface area contributed by atoms with Gasteiger partial charge in [-0.15, -0.1) is 0 Å². The molecule has 0 aromatic heterocycles. The Bertz CT molecular complexity index is 1280. The van der Waals surface area contributed by atoms with E-state index in [0.29, 0.717) is 12.1 Å². The second kappa shape index (κ2) is 11.2. The maximum atomic E-state index is 13.3. The Kier molecular flexibility index (Phi) is 8.10. The van der Waals surface area contributed by atoms with Crippen LogP contribution >= 0.6 is 0 Å². The van der Waals surface area contributed by atoms with Crippen LogP contribution in [0.15, 0.2) is 94.9 Å². The number of hydrogen-bond acceptors (Lipinski definition) is 6. The van der Waals surface area contributed by atoms with Gasteiger partial charge in [-0.25, -0.2) is 18.1 Å². The molecule has 0 atom stereocenters. The maximum absolute atomic E-state index is 13.3. The number of nitrogens with zero attached hydrogens (tertiary/aromatic N) is 3. The lowest BCUT2D eigenvalue weighted by Crippen LogP contribution is -2.40. The smallest absolute Gasteiger partial charge is 0.271 e. The molecule has 9 nitrogen and oxygen atoms in total. The minimum absolute atomic E-state index is 0.0940. The van der Waals surface area contributed by atoms with Crippen LogP contribution in [-0.4, -0.2) is 31.5 Å². The zero-order chi connectivity index (χ0) is 24.6. The van der Waals surface area contributed by atoms with Crippen molar-refractivity contribution in [3.63, 3.8) is 0 Å². The zero-order valence-electron chi connectivity index (χ0n) is 18.5. The number of carbonyl (C=O) groups is 1. The molecule has 0 aliphatic heterocycles. The first-order valence-corrected chi connectivity index (χ1v) is 11.9. The highest BCUT2D eigenvalue weighted by Gasteiger charge is 2.31. The van der Waals surface area contributed by atoms with Crippen LogP contribution in [0.4, 0.5) is 11.4 Å². The van der Waals surface area contributed by atoms with Crippen LogP contribution in [0.5, 0.6) is 0 Å². The number of nitro benzene ring substituents is 1. The molecule has 0 heterocycles. The van der Waals surface area contributed by atoms with Gasteiger partial charge < -0.3 is 0 Å². The number of benzene rings is 3. The van der Waals surface area contributed by atoms with Gasteiger partial charge in [0.2, 0.25) is 0 Å². The van der Waals surface area contributed by atoms with E-state index in [1.165, 1.54) is 48.5 Å². The molecular weight excluding hydrogens is 456 g/mol. The fourth-order valence-corrected chi connectivity index (χ4v) is 4.65. The number of para-hydroxylation sites is 2. The third-order valence-corrected chi connectivity index (χ3v) is 6.73. The van der Waals surface area contributed by atoms with Crippen molar-refractivity contribution in [3.8, 4) is 0 Å². The van der Waals surface area contributed by atoms with E-state index < -0.39 is 33.1 Å². The predicted octanol–water partition coefficient (Wildman–Crippen LogP) is 3.92. The molecule has 1 N–H and O–H groups in total. The lowest BCUT2D eigenvalue weighted by molar-refractivity contribution is -0.384. The number of carbonyl (C=O) groups excluding carboxylic acids is 1. The number of aryl methyl sites for hydroxylation is 1. The monoisotopic (exact) mass is 480 g/mol. The molecule has 0 aliphatic rings. The molecule has 176 valence electrons. The molecule has 10 heteroatoms. The van der Waals surface area contributed by atoms with Crippen molar-refractivity contribution in [2.45, 2.75) is 24.7 Å². The number of sulfonamides is 1. The molecule has 0 spiro atoms. The fourth-order valence-electron chi connectivity index (χ4n) is 3.20. The van der Waals surface area contributed by atoms with Crippen LogP contribution in [0, 0.1) is 10.1 Å². The quantitative estimate of drug-likeness (QED) is 0.268. The van der Waals surface area contributed by atoms with Gasteiger partial charge in [0.25, 0.3) is 21.6 Å². The first kappa shape index (κ1) is 24.6. The Morgan fingerprint density at radius 1 is 0.971 bits per heavy atom. The molecule has 0 radical (unpaired) electrons. The van der Waals surface area contributed by atoms with Crippen molar-refractivity contribution < 1.29 is 18.1 Å². The number of anilines is 1. The Hall–Kier alpha value is -4.05. The van der Waals surface area contributed by atoms with Gasteiger partial charge in [-0.1, -0.05) is 60.7 Å². The predicted molar refractivity (Wildman–Crippen MR) is 130 cm³/mol. The summed E-state index contributed by atoms with van der Waals surface area (Å²) in [4.78, 5) is 23.4. The van der Waals surface area contributed by atoms with Crippen molar-refractivity contribution in [1.29, 1.82) is 0 Å². The van der Waals surface area contributed by atoms with Gasteiger partial charge >= 0.3 is 0 Å². The van der Waals surface area contributed by atoms with E-state index >= 15 is 0 Å².